The Morgan fingerprint density at radius 1 is 1.30 bits per heavy atom. The van der Waals surface area contributed by atoms with Gasteiger partial charge in [0.15, 0.2) is 0 Å². The zero-order valence-corrected chi connectivity index (χ0v) is 13.1. The molecule has 1 unspecified atom stereocenters. The maximum Gasteiger partial charge on any atom is 1.00 e. The Kier molecular flexibility index (Phi) is 11.6. The minimum Gasteiger partial charge on any atom is -0.649 e. The summed E-state index contributed by atoms with van der Waals surface area (Å²) in [6.45, 7) is 14.6. The van der Waals surface area contributed by atoms with Crippen LogP contribution in [0.5, 0.6) is 0 Å². The van der Waals surface area contributed by atoms with Gasteiger partial charge in [-0.25, -0.2) is 0 Å². The number of nitrogen functional groups attached to an aromatic ring is 1. The Balaban J connectivity index is 0. The van der Waals surface area contributed by atoms with E-state index in [1.807, 2.05) is 24.3 Å². The van der Waals surface area contributed by atoms with Crippen LogP contribution < -0.4 is 24.6 Å². The predicted molar refractivity (Wildman–Crippen MR) is 80.1 cm³/mol. The number of carbonyl (C=O) groups excluding carboxylic acids is 1. The minimum absolute atomic E-state index is 0. The molecule has 0 saturated heterocycles. The number of nitrogens with two attached hydrogens (primary N) is 1. The molecule has 1 aromatic carbocycles. The first-order chi connectivity index (χ1) is 8.80. The SMILES string of the molecule is CC(C)(C)O[C-]=O.[CH2-]CCC([CH2-])c1ccc(N)cc1.[Li+]. The number of hydrogen-bond donors (Lipinski definition) is 1. The first kappa shape index (κ1) is 21.4. The van der Waals surface area contributed by atoms with Gasteiger partial charge in [-0.1, -0.05) is 24.2 Å². The van der Waals surface area contributed by atoms with Gasteiger partial charge in [0, 0.05) is 5.69 Å². The first-order valence-electron chi connectivity index (χ1n) is 6.33. The summed E-state index contributed by atoms with van der Waals surface area (Å²) < 4.78 is 4.42. The summed E-state index contributed by atoms with van der Waals surface area (Å²) in [6, 6.07) is 7.89. The van der Waals surface area contributed by atoms with Crippen LogP contribution in [0.25, 0.3) is 0 Å². The van der Waals surface area contributed by atoms with Crippen LogP contribution >= 0.6 is 0 Å². The van der Waals surface area contributed by atoms with Crippen LogP contribution in [0.2, 0.25) is 0 Å². The average Bonchev–Trinajstić information content (AvgIpc) is 2.29. The molecule has 0 heterocycles. The Morgan fingerprint density at radius 2 is 1.80 bits per heavy atom. The Bertz CT molecular complexity index is 358. The second kappa shape index (κ2) is 10.8. The maximum atomic E-state index is 9.47. The van der Waals surface area contributed by atoms with E-state index in [1.54, 1.807) is 20.8 Å². The van der Waals surface area contributed by atoms with Gasteiger partial charge in [0.1, 0.15) is 0 Å². The van der Waals surface area contributed by atoms with Gasteiger partial charge in [0.25, 0.3) is 0 Å². The molecule has 3 nitrogen and oxygen atoms in total. The van der Waals surface area contributed by atoms with E-state index in [0.29, 0.717) is 5.92 Å². The largest absolute Gasteiger partial charge is 1.00 e. The zero-order valence-electron chi connectivity index (χ0n) is 13.1. The van der Waals surface area contributed by atoms with Crippen molar-refractivity contribution in [3.8, 4) is 0 Å². The molecule has 0 fully saturated rings. The monoisotopic (exact) mass is 269 g/mol. The summed E-state index contributed by atoms with van der Waals surface area (Å²) in [6.07, 6.45) is 1.96. The molecule has 0 saturated carbocycles. The van der Waals surface area contributed by atoms with E-state index < -0.39 is 0 Å². The van der Waals surface area contributed by atoms with E-state index >= 15 is 0 Å². The van der Waals surface area contributed by atoms with E-state index in [0.717, 1.165) is 18.5 Å². The third kappa shape index (κ3) is 11.0. The van der Waals surface area contributed by atoms with Crippen LogP contribution in [-0.4, -0.2) is 12.1 Å². The Morgan fingerprint density at radius 3 is 2.10 bits per heavy atom. The second-order valence-corrected chi connectivity index (χ2v) is 5.30. The summed E-state index contributed by atoms with van der Waals surface area (Å²) in [5, 5.41) is 0. The molecule has 0 bridgehead atoms. The van der Waals surface area contributed by atoms with Crippen molar-refractivity contribution in [2.75, 3.05) is 5.73 Å². The third-order valence-electron chi connectivity index (χ3n) is 2.31. The van der Waals surface area contributed by atoms with Crippen molar-refractivity contribution >= 4 is 12.2 Å². The molecule has 2 N–H and O–H groups in total. The fraction of sp³-hybridized carbons (Fsp3) is 0.438. The smallest absolute Gasteiger partial charge is 0.649 e. The summed E-state index contributed by atoms with van der Waals surface area (Å²) in [7, 11) is 0. The summed E-state index contributed by atoms with van der Waals surface area (Å²) in [4.78, 5) is 9.47. The third-order valence-corrected chi connectivity index (χ3v) is 2.31. The first-order valence-corrected chi connectivity index (χ1v) is 6.33. The molecule has 4 heteroatoms. The Labute approximate surface area is 135 Å². The average molecular weight is 269 g/mol. The molecule has 0 aromatic heterocycles. The van der Waals surface area contributed by atoms with E-state index in [4.69, 9.17) is 5.73 Å². The van der Waals surface area contributed by atoms with Crippen LogP contribution in [0.3, 0.4) is 0 Å². The molecule has 20 heavy (non-hydrogen) atoms. The molecule has 0 radical (unpaired) electrons. The normalized spacial score (nSPS) is 11.4. The van der Waals surface area contributed by atoms with Crippen molar-refractivity contribution in [1.29, 1.82) is 0 Å². The summed E-state index contributed by atoms with van der Waals surface area (Å²) >= 11 is 0. The van der Waals surface area contributed by atoms with E-state index in [2.05, 4.69) is 18.6 Å². The molecule has 1 aromatic rings. The standard InChI is InChI=1S/C11H15N.C5H9O2.Li/c1-3-4-9(2)10-5-7-11(12)8-6-10;1-5(2,3)7-4-6;/h5-9H,1-4,12H2;1-3H3;/q-2;-1;+1. The zero-order chi connectivity index (χ0) is 14.9. The Hall–Kier alpha value is -0.913. The van der Waals surface area contributed by atoms with Crippen LogP contribution in [0, 0.1) is 13.8 Å². The van der Waals surface area contributed by atoms with Crippen LogP contribution in [0.4, 0.5) is 5.69 Å². The van der Waals surface area contributed by atoms with Gasteiger partial charge in [-0.3, -0.25) is 0 Å². The topological polar surface area (TPSA) is 52.3 Å². The minimum atomic E-state index is -0.373. The number of anilines is 1. The molecule has 0 aliphatic carbocycles. The van der Waals surface area contributed by atoms with Crippen molar-refractivity contribution in [3.05, 3.63) is 43.7 Å². The van der Waals surface area contributed by atoms with Crippen LogP contribution in [-0.2, 0) is 9.53 Å². The van der Waals surface area contributed by atoms with Gasteiger partial charge in [-0.15, -0.1) is 12.3 Å². The van der Waals surface area contributed by atoms with Crippen LogP contribution in [0.1, 0.15) is 45.1 Å². The molecular formula is C16H24LiNO2-2. The molecule has 108 valence electrons. The van der Waals surface area contributed by atoms with Gasteiger partial charge in [-0.05, 0) is 32.9 Å². The van der Waals surface area contributed by atoms with Gasteiger partial charge in [-0.2, -0.15) is 6.42 Å². The molecule has 1 rings (SSSR count). The predicted octanol–water partition coefficient (Wildman–Crippen LogP) is 0.673. The van der Waals surface area contributed by atoms with Crippen molar-refractivity contribution < 1.29 is 28.4 Å². The van der Waals surface area contributed by atoms with E-state index in [-0.39, 0.29) is 24.5 Å². The molecule has 1 atom stereocenters. The quantitative estimate of drug-likeness (QED) is 0.497. The molecule has 0 aliphatic rings. The van der Waals surface area contributed by atoms with E-state index in [9.17, 15) is 4.79 Å². The number of ether oxygens (including phenoxy) is 1. The van der Waals surface area contributed by atoms with Gasteiger partial charge in [0.05, 0.1) is 5.60 Å². The second-order valence-electron chi connectivity index (χ2n) is 5.30. The number of hydrogen-bond acceptors (Lipinski definition) is 3. The van der Waals surface area contributed by atoms with Gasteiger partial charge >= 0.3 is 18.9 Å². The summed E-state index contributed by atoms with van der Waals surface area (Å²) in [5.74, 6) is 0.350. The molecule has 0 spiro atoms. The summed E-state index contributed by atoms with van der Waals surface area (Å²) in [5.41, 5.74) is 7.24. The van der Waals surface area contributed by atoms with Crippen molar-refractivity contribution in [2.24, 2.45) is 0 Å². The van der Waals surface area contributed by atoms with Crippen molar-refractivity contribution in [2.45, 2.75) is 45.1 Å². The van der Waals surface area contributed by atoms with Gasteiger partial charge < -0.3 is 29.1 Å². The maximum absolute atomic E-state index is 9.47. The fourth-order valence-corrected chi connectivity index (χ4v) is 1.31. The molecular weight excluding hydrogens is 245 g/mol. The molecule has 0 aliphatic heterocycles. The van der Waals surface area contributed by atoms with Crippen molar-refractivity contribution in [1.82, 2.24) is 0 Å². The van der Waals surface area contributed by atoms with E-state index in [1.165, 1.54) is 12.0 Å². The van der Waals surface area contributed by atoms with Crippen molar-refractivity contribution in [3.63, 3.8) is 0 Å². The van der Waals surface area contributed by atoms with Gasteiger partial charge in [0.2, 0.25) is 0 Å². The number of benzene rings is 1. The molecule has 0 amide bonds. The fourth-order valence-electron chi connectivity index (χ4n) is 1.31. The number of rotatable bonds is 4. The van der Waals surface area contributed by atoms with Crippen LogP contribution in [0.15, 0.2) is 24.3 Å².